The molecule has 3 heterocycles. The Morgan fingerprint density at radius 1 is 0.868 bits per heavy atom. The molecule has 0 radical (unpaired) electrons. The lowest BCUT2D eigenvalue weighted by molar-refractivity contribution is 0.595. The van der Waals surface area contributed by atoms with Crippen LogP contribution in [0.3, 0.4) is 0 Å². The van der Waals surface area contributed by atoms with Crippen molar-refractivity contribution in [2.24, 2.45) is 7.05 Å². The van der Waals surface area contributed by atoms with Gasteiger partial charge in [0.1, 0.15) is 0 Å². The van der Waals surface area contributed by atoms with Gasteiger partial charge in [0.2, 0.25) is 10.0 Å². The van der Waals surface area contributed by atoms with E-state index in [2.05, 4.69) is 16.0 Å². The van der Waals surface area contributed by atoms with Crippen molar-refractivity contribution in [3.8, 4) is 16.8 Å². The molecule has 3 aromatic heterocycles. The van der Waals surface area contributed by atoms with Crippen molar-refractivity contribution in [1.29, 1.82) is 0 Å². The molecule has 6 aromatic rings. The standard InChI is InChI=1S/C29H25N5O3S/c1-4-38(36,37)33(3)22-10-12-23(13-11-22)34-28-24-16-19(21-15-20-7-5-6-8-25(20)30-17-21)9-14-26(24)31-18-27(28)32(2)29(34)35/h5-18H,4H2,1-3H3. The van der Waals surface area contributed by atoms with Crippen LogP contribution in [-0.2, 0) is 17.1 Å². The largest absolute Gasteiger partial charge is 0.333 e. The average molecular weight is 524 g/mol. The number of rotatable bonds is 5. The van der Waals surface area contributed by atoms with E-state index in [1.807, 2.05) is 48.7 Å². The van der Waals surface area contributed by atoms with Gasteiger partial charge in [-0.1, -0.05) is 24.3 Å². The molecule has 8 nitrogen and oxygen atoms in total. The summed E-state index contributed by atoms with van der Waals surface area (Å²) in [5.74, 6) is 0.00207. The summed E-state index contributed by atoms with van der Waals surface area (Å²) in [6.07, 6.45) is 3.57. The van der Waals surface area contributed by atoms with Crippen molar-refractivity contribution in [2.75, 3.05) is 17.1 Å². The van der Waals surface area contributed by atoms with Gasteiger partial charge >= 0.3 is 5.69 Å². The Morgan fingerprint density at radius 2 is 1.61 bits per heavy atom. The summed E-state index contributed by atoms with van der Waals surface area (Å²) in [5, 5.41) is 1.88. The minimum atomic E-state index is -3.39. The van der Waals surface area contributed by atoms with E-state index in [0.717, 1.165) is 38.4 Å². The molecule has 190 valence electrons. The number of sulfonamides is 1. The first-order chi connectivity index (χ1) is 18.3. The zero-order valence-corrected chi connectivity index (χ0v) is 22.0. The normalized spacial score (nSPS) is 12.0. The second-order valence-corrected chi connectivity index (χ2v) is 11.5. The monoisotopic (exact) mass is 523 g/mol. The van der Waals surface area contributed by atoms with Crippen LogP contribution in [0.1, 0.15) is 6.92 Å². The molecular weight excluding hydrogens is 498 g/mol. The zero-order valence-electron chi connectivity index (χ0n) is 21.2. The topological polar surface area (TPSA) is 90.1 Å². The second kappa shape index (κ2) is 8.81. The Balaban J connectivity index is 1.55. The number of para-hydroxylation sites is 1. The molecule has 0 atom stereocenters. The number of benzene rings is 3. The van der Waals surface area contributed by atoms with E-state index in [-0.39, 0.29) is 11.4 Å². The predicted octanol–water partition coefficient (Wildman–Crippen LogP) is 4.88. The molecule has 6 rings (SSSR count). The first kappa shape index (κ1) is 23.9. The van der Waals surface area contributed by atoms with Crippen molar-refractivity contribution in [3.63, 3.8) is 0 Å². The molecule has 0 saturated heterocycles. The van der Waals surface area contributed by atoms with E-state index >= 15 is 0 Å². The third-order valence-electron chi connectivity index (χ3n) is 7.06. The number of nitrogens with zero attached hydrogens (tertiary/aromatic N) is 5. The highest BCUT2D eigenvalue weighted by atomic mass is 32.2. The van der Waals surface area contributed by atoms with Gasteiger partial charge in [-0.3, -0.25) is 23.4 Å². The number of fused-ring (bicyclic) bond motifs is 4. The van der Waals surface area contributed by atoms with Gasteiger partial charge in [-0.25, -0.2) is 13.2 Å². The summed E-state index contributed by atoms with van der Waals surface area (Å²) in [5.41, 5.74) is 6.02. The molecular formula is C29H25N5O3S. The molecule has 0 bridgehead atoms. The lowest BCUT2D eigenvalue weighted by Gasteiger charge is -2.18. The van der Waals surface area contributed by atoms with Crippen LogP contribution >= 0.6 is 0 Å². The summed E-state index contributed by atoms with van der Waals surface area (Å²) in [7, 11) is -0.142. The van der Waals surface area contributed by atoms with Crippen molar-refractivity contribution in [1.82, 2.24) is 19.1 Å². The van der Waals surface area contributed by atoms with Crippen LogP contribution in [0.4, 0.5) is 5.69 Å². The molecule has 0 unspecified atom stereocenters. The quantitative estimate of drug-likeness (QED) is 0.321. The van der Waals surface area contributed by atoms with Gasteiger partial charge in [-0.2, -0.15) is 0 Å². The smallest absolute Gasteiger partial charge is 0.293 e. The number of imidazole rings is 1. The van der Waals surface area contributed by atoms with Crippen molar-refractivity contribution < 1.29 is 8.42 Å². The number of hydrogen-bond acceptors (Lipinski definition) is 5. The Morgan fingerprint density at radius 3 is 2.37 bits per heavy atom. The molecule has 38 heavy (non-hydrogen) atoms. The second-order valence-electron chi connectivity index (χ2n) is 9.20. The van der Waals surface area contributed by atoms with E-state index in [1.165, 1.54) is 11.4 Å². The van der Waals surface area contributed by atoms with E-state index < -0.39 is 10.0 Å². The third-order valence-corrected chi connectivity index (χ3v) is 8.84. The summed E-state index contributed by atoms with van der Waals surface area (Å²) in [6, 6.07) is 23.0. The van der Waals surface area contributed by atoms with Gasteiger partial charge in [0.15, 0.2) is 0 Å². The zero-order chi connectivity index (χ0) is 26.6. The van der Waals surface area contributed by atoms with Crippen LogP contribution in [0.25, 0.3) is 49.7 Å². The summed E-state index contributed by atoms with van der Waals surface area (Å²) >= 11 is 0. The molecule has 0 aliphatic carbocycles. The fourth-order valence-electron chi connectivity index (χ4n) is 4.81. The highest BCUT2D eigenvalue weighted by Crippen LogP contribution is 2.31. The maximum Gasteiger partial charge on any atom is 0.333 e. The van der Waals surface area contributed by atoms with E-state index in [0.29, 0.717) is 16.9 Å². The minimum absolute atomic E-state index is 0.00207. The molecule has 0 aliphatic rings. The van der Waals surface area contributed by atoms with Crippen LogP contribution in [0, 0.1) is 0 Å². The van der Waals surface area contributed by atoms with Gasteiger partial charge in [-0.15, -0.1) is 0 Å². The molecule has 3 aromatic carbocycles. The van der Waals surface area contributed by atoms with Gasteiger partial charge in [-0.05, 0) is 61.0 Å². The number of pyridine rings is 2. The lowest BCUT2D eigenvalue weighted by Crippen LogP contribution is -2.28. The van der Waals surface area contributed by atoms with Gasteiger partial charge in [0.05, 0.1) is 45.4 Å². The summed E-state index contributed by atoms with van der Waals surface area (Å²) in [6.45, 7) is 1.61. The predicted molar refractivity (Wildman–Crippen MR) is 152 cm³/mol. The minimum Gasteiger partial charge on any atom is -0.293 e. The SMILES string of the molecule is CCS(=O)(=O)N(C)c1ccc(-n2c(=O)n(C)c3cnc4ccc(-c5cnc6ccccc6c5)cc4c32)cc1. The Bertz CT molecular complexity index is 2030. The van der Waals surface area contributed by atoms with Crippen molar-refractivity contribution in [3.05, 3.63) is 95.7 Å². The molecule has 0 N–H and O–H groups in total. The lowest BCUT2D eigenvalue weighted by atomic mass is 10.0. The maximum absolute atomic E-state index is 13.4. The number of aryl methyl sites for hydroxylation is 1. The molecule has 0 aliphatic heterocycles. The van der Waals surface area contributed by atoms with Gasteiger partial charge in [0.25, 0.3) is 0 Å². The fraction of sp³-hybridized carbons (Fsp3) is 0.138. The van der Waals surface area contributed by atoms with Crippen molar-refractivity contribution in [2.45, 2.75) is 6.92 Å². The molecule has 9 heteroatoms. The van der Waals surface area contributed by atoms with Gasteiger partial charge < -0.3 is 0 Å². The highest BCUT2D eigenvalue weighted by molar-refractivity contribution is 7.92. The highest BCUT2D eigenvalue weighted by Gasteiger charge is 2.19. The number of aromatic nitrogens is 4. The fourth-order valence-corrected chi connectivity index (χ4v) is 5.64. The van der Waals surface area contributed by atoms with Gasteiger partial charge in [0, 0.05) is 36.6 Å². The first-order valence-electron chi connectivity index (χ1n) is 12.2. The Kier molecular flexibility index (Phi) is 5.53. The Hall–Kier alpha value is -4.50. The summed E-state index contributed by atoms with van der Waals surface area (Å²) < 4.78 is 29.1. The average Bonchev–Trinajstić information content (AvgIpc) is 3.22. The number of anilines is 1. The van der Waals surface area contributed by atoms with Crippen LogP contribution in [0.15, 0.2) is 90.0 Å². The van der Waals surface area contributed by atoms with Crippen LogP contribution in [0.2, 0.25) is 0 Å². The molecule has 0 saturated carbocycles. The van der Waals surface area contributed by atoms with Crippen LogP contribution < -0.4 is 9.99 Å². The molecule has 0 spiro atoms. The van der Waals surface area contributed by atoms with Crippen molar-refractivity contribution >= 4 is 48.5 Å². The van der Waals surface area contributed by atoms with Crippen LogP contribution in [-0.4, -0.2) is 40.3 Å². The third kappa shape index (κ3) is 3.74. The van der Waals surface area contributed by atoms with Crippen LogP contribution in [0.5, 0.6) is 0 Å². The Labute approximate surface area is 219 Å². The maximum atomic E-state index is 13.4. The van der Waals surface area contributed by atoms with E-state index in [1.54, 1.807) is 53.6 Å². The first-order valence-corrected chi connectivity index (χ1v) is 13.8. The number of hydrogen-bond donors (Lipinski definition) is 0. The van der Waals surface area contributed by atoms with E-state index in [9.17, 15) is 13.2 Å². The summed E-state index contributed by atoms with van der Waals surface area (Å²) in [4.78, 5) is 22.7. The molecule has 0 fully saturated rings. The van der Waals surface area contributed by atoms with E-state index in [4.69, 9.17) is 0 Å². The molecule has 0 amide bonds.